The number of likely N-dealkylation sites (tertiary alicyclic amines) is 3. The predicted octanol–water partition coefficient (Wildman–Crippen LogP) is -0.207. The summed E-state index contributed by atoms with van der Waals surface area (Å²) in [6.07, 6.45) is 49.2. The van der Waals surface area contributed by atoms with Gasteiger partial charge in [-0.1, -0.05) is 12.1 Å². The van der Waals surface area contributed by atoms with Crippen LogP contribution in [0.5, 0.6) is 0 Å². The van der Waals surface area contributed by atoms with Crippen LogP contribution >= 0.6 is 0 Å². The third-order valence-corrected chi connectivity index (χ3v) is 18.1. The van der Waals surface area contributed by atoms with Crippen molar-refractivity contribution in [3.63, 3.8) is 0 Å². The first-order chi connectivity index (χ1) is 36.3. The molecule has 4 saturated heterocycles. The Balaban J connectivity index is 0.00000280. The molecule has 78 heavy (non-hydrogen) atoms. The van der Waals surface area contributed by atoms with Crippen LogP contribution in [0.25, 0.3) is 0 Å². The highest BCUT2D eigenvalue weighted by atomic mass is 79.9. The molecule has 4 fully saturated rings. The van der Waals surface area contributed by atoms with Gasteiger partial charge in [-0.15, -0.1) is 0 Å². The summed E-state index contributed by atoms with van der Waals surface area (Å²) in [5, 5.41) is 0. The first kappa shape index (κ1) is 66.2. The maximum absolute atomic E-state index is 2.74. The molecule has 5 aromatic rings. The molecule has 4 atom stereocenters. The molecular formula is C66H98Br4N8. The van der Waals surface area contributed by atoms with Crippen molar-refractivity contribution < 1.29 is 86.2 Å². The van der Waals surface area contributed by atoms with Gasteiger partial charge < -0.3 is 72.8 Å². The fourth-order valence-electron chi connectivity index (χ4n) is 13.6. The van der Waals surface area contributed by atoms with Crippen molar-refractivity contribution in [2.75, 3.05) is 52.2 Å². The van der Waals surface area contributed by atoms with E-state index >= 15 is 0 Å². The van der Waals surface area contributed by atoms with Crippen LogP contribution in [-0.2, 0) is 51.9 Å². The van der Waals surface area contributed by atoms with E-state index < -0.39 is 0 Å². The quantitative estimate of drug-likeness (QED) is 0.0514. The smallest absolute Gasteiger partial charge is 0.192 e. The Labute approximate surface area is 515 Å². The highest BCUT2D eigenvalue weighted by Gasteiger charge is 2.27. The van der Waals surface area contributed by atoms with Crippen LogP contribution < -0.4 is 91.1 Å². The van der Waals surface area contributed by atoms with E-state index in [4.69, 9.17) is 0 Å². The topological polar surface area (TPSA) is 28.5 Å². The van der Waals surface area contributed by atoms with E-state index in [0.717, 1.165) is 26.2 Å². The van der Waals surface area contributed by atoms with E-state index in [1.54, 1.807) is 22.3 Å². The molecule has 9 rings (SSSR count). The Morgan fingerprint density at radius 3 is 1.01 bits per heavy atom. The van der Waals surface area contributed by atoms with Crippen molar-refractivity contribution in [1.82, 2.24) is 14.7 Å². The molecular weight excluding hydrogens is 1220 g/mol. The molecule has 0 saturated carbocycles. The minimum absolute atomic E-state index is 0. The summed E-state index contributed by atoms with van der Waals surface area (Å²) in [5.74, 6) is 0. The zero-order valence-electron chi connectivity index (χ0n) is 48.4. The first-order valence-electron chi connectivity index (χ1n) is 30.3. The van der Waals surface area contributed by atoms with Gasteiger partial charge in [-0.05, 0) is 223 Å². The third-order valence-electron chi connectivity index (χ3n) is 18.1. The lowest BCUT2D eigenvalue weighted by Gasteiger charge is -2.22. The fraction of sp³-hybridized carbons (Fsp3) is 0.606. The maximum atomic E-state index is 2.74. The molecule has 4 aromatic heterocycles. The van der Waals surface area contributed by atoms with Gasteiger partial charge in [-0.25, -0.2) is 18.3 Å². The van der Waals surface area contributed by atoms with E-state index in [1.165, 1.54) is 203 Å². The number of halogens is 4. The van der Waals surface area contributed by atoms with E-state index in [0.29, 0.717) is 24.2 Å². The van der Waals surface area contributed by atoms with Crippen molar-refractivity contribution in [2.45, 2.75) is 211 Å². The van der Waals surface area contributed by atoms with E-state index in [-0.39, 0.29) is 67.9 Å². The second-order valence-corrected chi connectivity index (χ2v) is 23.7. The summed E-state index contributed by atoms with van der Waals surface area (Å²) in [6.45, 7) is 11.7. The van der Waals surface area contributed by atoms with E-state index in [1.807, 2.05) is 0 Å². The molecule has 0 aliphatic carbocycles. The van der Waals surface area contributed by atoms with Crippen molar-refractivity contribution >= 4 is 5.69 Å². The average Bonchev–Trinajstić information content (AvgIpc) is 4.27. The van der Waals surface area contributed by atoms with Crippen LogP contribution in [0.4, 0.5) is 5.69 Å². The van der Waals surface area contributed by atoms with Gasteiger partial charge in [0.1, 0.15) is 31.9 Å². The maximum Gasteiger partial charge on any atom is 0.192 e. The van der Waals surface area contributed by atoms with Gasteiger partial charge in [-0.2, -0.15) is 0 Å². The average molecular weight is 1320 g/mol. The molecule has 8 heterocycles. The minimum atomic E-state index is 0. The van der Waals surface area contributed by atoms with Crippen LogP contribution in [0, 0.1) is 0 Å². The largest absolute Gasteiger partial charge is 1.00 e. The molecule has 0 amide bonds. The van der Waals surface area contributed by atoms with Gasteiger partial charge in [0.2, 0.25) is 0 Å². The summed E-state index contributed by atoms with van der Waals surface area (Å²) in [4.78, 5) is 10.2. The molecule has 0 N–H and O–H groups in total. The molecule has 4 unspecified atom stereocenters. The number of pyridine rings is 4. The second kappa shape index (κ2) is 34.8. The Hall–Kier alpha value is -2.58. The molecule has 0 bridgehead atoms. The van der Waals surface area contributed by atoms with E-state index in [9.17, 15) is 0 Å². The normalized spacial score (nSPS) is 19.6. The van der Waals surface area contributed by atoms with Crippen LogP contribution in [0.1, 0.15) is 192 Å². The van der Waals surface area contributed by atoms with Crippen molar-refractivity contribution in [2.24, 2.45) is 0 Å². The van der Waals surface area contributed by atoms with Crippen molar-refractivity contribution in [3.8, 4) is 0 Å². The monoisotopic (exact) mass is 1320 g/mol. The lowest BCUT2D eigenvalue weighted by Crippen LogP contribution is -3.00. The highest BCUT2D eigenvalue weighted by Crippen LogP contribution is 2.32. The molecule has 0 spiro atoms. The summed E-state index contributed by atoms with van der Waals surface area (Å²) in [6, 6.07) is 26.3. The van der Waals surface area contributed by atoms with Crippen LogP contribution in [0.3, 0.4) is 0 Å². The molecule has 4 aliphatic heterocycles. The first-order valence-corrected chi connectivity index (χ1v) is 30.3. The van der Waals surface area contributed by atoms with Crippen LogP contribution in [0.2, 0.25) is 0 Å². The minimum Gasteiger partial charge on any atom is -1.00 e. The molecule has 8 nitrogen and oxygen atoms in total. The third kappa shape index (κ3) is 19.3. The van der Waals surface area contributed by atoms with Crippen LogP contribution in [-0.4, -0.2) is 68.1 Å². The SMILES string of the molecule is CC1CCCN1c1ccc[n+](CCCCCc2cc(CCCCC[n+]3cccc(C4CCCN4C)c3)c(CCCCC[n+]3cccc(C4CCCN4C)c3)cc2CCCCC[n+]2cccc(C3CCCN3C)c2)c1.[Br-].[Br-].[Br-].[Br-]. The lowest BCUT2D eigenvalue weighted by atomic mass is 9.88. The van der Waals surface area contributed by atoms with Gasteiger partial charge in [0.05, 0.1) is 0 Å². The molecule has 12 heteroatoms. The van der Waals surface area contributed by atoms with Crippen molar-refractivity contribution in [1.29, 1.82) is 0 Å². The molecule has 1 aromatic carbocycles. The molecule has 4 aliphatic rings. The zero-order chi connectivity index (χ0) is 50.9. The lowest BCUT2D eigenvalue weighted by molar-refractivity contribution is -0.698. The number of benzene rings is 1. The Kier molecular flexibility index (Phi) is 29.5. The second-order valence-electron chi connectivity index (χ2n) is 23.7. The number of rotatable bonds is 28. The van der Waals surface area contributed by atoms with E-state index in [2.05, 4.69) is 176 Å². The summed E-state index contributed by atoms with van der Waals surface area (Å²) >= 11 is 0. The fourth-order valence-corrected chi connectivity index (χ4v) is 13.6. The number of hydrogen-bond donors (Lipinski definition) is 0. The number of aryl methyl sites for hydroxylation is 8. The van der Waals surface area contributed by atoms with Gasteiger partial charge >= 0.3 is 0 Å². The van der Waals surface area contributed by atoms with Gasteiger partial charge in [-0.3, -0.25) is 14.7 Å². The van der Waals surface area contributed by atoms with Crippen molar-refractivity contribution in [3.05, 3.63) is 149 Å². The van der Waals surface area contributed by atoms with Gasteiger partial charge in [0.25, 0.3) is 0 Å². The number of anilines is 1. The number of aromatic nitrogens is 4. The number of hydrogen-bond acceptors (Lipinski definition) is 4. The summed E-state index contributed by atoms with van der Waals surface area (Å²) < 4.78 is 9.86. The number of unbranched alkanes of at least 4 members (excludes halogenated alkanes) is 8. The van der Waals surface area contributed by atoms with Gasteiger partial charge in [0, 0.05) is 97.4 Å². The highest BCUT2D eigenvalue weighted by molar-refractivity contribution is 5.44. The number of nitrogens with zero attached hydrogens (tertiary/aromatic N) is 8. The predicted molar refractivity (Wildman–Crippen MR) is 303 cm³/mol. The zero-order valence-corrected chi connectivity index (χ0v) is 54.8. The molecule has 430 valence electrons. The Morgan fingerprint density at radius 2 is 0.705 bits per heavy atom. The molecule has 0 radical (unpaired) electrons. The summed E-state index contributed by atoms with van der Waals surface area (Å²) in [5.41, 5.74) is 12.5. The standard InChI is InChI=1S/C66H98N8.4BrH/c1-55-25-17-48-74(55)63-33-21-47-73(54-63)43-16-8-12-29-59-50-57(27-10-6-14-41-71-45-19-31-61(52-71)65-35-23-38-68(65)3)56(26-9-5-13-40-70-44-18-30-60(51-70)64-34-22-37-67(64)2)49-58(59)28-11-7-15-42-72-46-20-32-62(53-72)66-36-24-39-69(66)4;;;;/h18-21,30-33,44-47,49-55,64-66H,5-17,22-29,34-43,48H2,1-4H3;4*1H/q+4;;;;/p-4. The summed E-state index contributed by atoms with van der Waals surface area (Å²) in [7, 11) is 6.88. The van der Waals surface area contributed by atoms with Gasteiger partial charge in [0.15, 0.2) is 49.6 Å². The Bertz CT molecular complexity index is 2170. The Morgan fingerprint density at radius 1 is 0.385 bits per heavy atom. The van der Waals surface area contributed by atoms with Crippen LogP contribution in [0.15, 0.2) is 110 Å².